The smallest absolute Gasteiger partial charge is 0.143 e. The van der Waals surface area contributed by atoms with Crippen LogP contribution in [0.4, 0.5) is 5.82 Å². The molecule has 1 N–H and O–H groups in total. The number of hydrogen-bond donors (Lipinski definition) is 1. The molecule has 1 heterocycles. The van der Waals surface area contributed by atoms with E-state index in [2.05, 4.69) is 41.8 Å². The van der Waals surface area contributed by atoms with Crippen molar-refractivity contribution in [1.29, 1.82) is 0 Å². The first-order valence-corrected chi connectivity index (χ1v) is 8.36. The van der Waals surface area contributed by atoms with Gasteiger partial charge in [-0.05, 0) is 47.3 Å². The lowest BCUT2D eigenvalue weighted by Crippen LogP contribution is -2.10. The van der Waals surface area contributed by atoms with Crippen LogP contribution in [-0.4, -0.2) is 17.0 Å². The van der Waals surface area contributed by atoms with Crippen molar-refractivity contribution in [1.82, 2.24) is 9.97 Å². The molecule has 1 unspecified atom stereocenters. The maximum absolute atomic E-state index is 4.96. The van der Waals surface area contributed by atoms with Gasteiger partial charge >= 0.3 is 0 Å². The minimum atomic E-state index is 0.394. The van der Waals surface area contributed by atoms with Crippen molar-refractivity contribution >= 4 is 28.4 Å². The standard InChI is InChI=1S/C15H22IN3/c1-15(2)8-10(15)13-18-12(9-6-4-5-7-9)11(16)14(17-3)19-13/h9-10H,4-8H2,1-3H3,(H,17,18,19). The van der Waals surface area contributed by atoms with Gasteiger partial charge in [-0.25, -0.2) is 9.97 Å². The maximum atomic E-state index is 4.96. The molecule has 1 aromatic rings. The highest BCUT2D eigenvalue weighted by Crippen LogP contribution is 2.58. The summed E-state index contributed by atoms with van der Waals surface area (Å²) in [6.45, 7) is 4.63. The van der Waals surface area contributed by atoms with Gasteiger partial charge in [-0.3, -0.25) is 0 Å². The first kappa shape index (κ1) is 13.6. The molecule has 0 saturated heterocycles. The topological polar surface area (TPSA) is 37.8 Å². The van der Waals surface area contributed by atoms with E-state index in [-0.39, 0.29) is 0 Å². The SMILES string of the molecule is CNc1nc(C2CC2(C)C)nc(C2CCCC2)c1I. The monoisotopic (exact) mass is 371 g/mol. The van der Waals surface area contributed by atoms with Gasteiger partial charge in [0.15, 0.2) is 0 Å². The van der Waals surface area contributed by atoms with Gasteiger partial charge in [-0.15, -0.1) is 0 Å². The van der Waals surface area contributed by atoms with Gasteiger partial charge in [-0.1, -0.05) is 26.7 Å². The number of nitrogens with zero attached hydrogens (tertiary/aromatic N) is 2. The van der Waals surface area contributed by atoms with Crippen molar-refractivity contribution in [2.75, 3.05) is 12.4 Å². The van der Waals surface area contributed by atoms with E-state index < -0.39 is 0 Å². The van der Waals surface area contributed by atoms with E-state index >= 15 is 0 Å². The Morgan fingerprint density at radius 2 is 1.84 bits per heavy atom. The highest BCUT2D eigenvalue weighted by Gasteiger charge is 2.49. The third-order valence-corrected chi connectivity index (χ3v) is 5.76. The summed E-state index contributed by atoms with van der Waals surface area (Å²) in [4.78, 5) is 9.71. The van der Waals surface area contributed by atoms with E-state index in [0.717, 1.165) is 11.6 Å². The van der Waals surface area contributed by atoms with Crippen LogP contribution in [0.3, 0.4) is 0 Å². The average Bonchev–Trinajstić information content (AvgIpc) is 2.82. The highest BCUT2D eigenvalue weighted by molar-refractivity contribution is 14.1. The Bertz CT molecular complexity index is 492. The van der Waals surface area contributed by atoms with Crippen LogP contribution >= 0.6 is 22.6 Å². The quantitative estimate of drug-likeness (QED) is 0.806. The van der Waals surface area contributed by atoms with Gasteiger partial charge in [-0.2, -0.15) is 0 Å². The molecular weight excluding hydrogens is 349 g/mol. The first-order valence-electron chi connectivity index (χ1n) is 7.28. The summed E-state index contributed by atoms with van der Waals surface area (Å²) in [6.07, 6.45) is 6.52. The number of aromatic nitrogens is 2. The molecule has 3 rings (SSSR count). The number of halogens is 1. The third kappa shape index (κ3) is 2.48. The fourth-order valence-electron chi connectivity index (χ4n) is 3.18. The third-order valence-electron chi connectivity index (χ3n) is 4.70. The van der Waals surface area contributed by atoms with Gasteiger partial charge in [0.25, 0.3) is 0 Å². The summed E-state index contributed by atoms with van der Waals surface area (Å²) in [5.41, 5.74) is 1.69. The second kappa shape index (κ2) is 4.86. The molecule has 0 bridgehead atoms. The van der Waals surface area contributed by atoms with Crippen molar-refractivity contribution in [3.63, 3.8) is 0 Å². The van der Waals surface area contributed by atoms with Gasteiger partial charge in [0, 0.05) is 18.9 Å². The molecule has 0 amide bonds. The van der Waals surface area contributed by atoms with Crippen LogP contribution in [0.2, 0.25) is 0 Å². The molecule has 4 heteroatoms. The molecular formula is C15H22IN3. The first-order chi connectivity index (χ1) is 9.03. The second-order valence-corrected chi connectivity index (χ2v) is 7.69. The number of hydrogen-bond acceptors (Lipinski definition) is 3. The fourth-order valence-corrected chi connectivity index (χ4v) is 4.13. The second-order valence-electron chi connectivity index (χ2n) is 6.61. The van der Waals surface area contributed by atoms with E-state index in [0.29, 0.717) is 17.3 Å². The summed E-state index contributed by atoms with van der Waals surface area (Å²) in [5.74, 6) is 3.30. The predicted octanol–water partition coefficient (Wildman–Crippen LogP) is 4.29. The van der Waals surface area contributed by atoms with Gasteiger partial charge in [0.05, 0.1) is 9.26 Å². The normalized spacial score (nSPS) is 25.6. The van der Waals surface area contributed by atoms with Crippen LogP contribution in [0.1, 0.15) is 69.3 Å². The van der Waals surface area contributed by atoms with E-state index in [1.54, 1.807) is 0 Å². The lowest BCUT2D eigenvalue weighted by atomic mass is 10.0. The summed E-state index contributed by atoms with van der Waals surface area (Å²) < 4.78 is 1.23. The number of anilines is 1. The minimum Gasteiger partial charge on any atom is -0.372 e. The van der Waals surface area contributed by atoms with Crippen LogP contribution in [0.5, 0.6) is 0 Å². The number of nitrogens with one attached hydrogen (secondary N) is 1. The van der Waals surface area contributed by atoms with Crippen LogP contribution in [0.25, 0.3) is 0 Å². The molecule has 1 aromatic heterocycles. The van der Waals surface area contributed by atoms with E-state index in [4.69, 9.17) is 9.97 Å². The van der Waals surface area contributed by atoms with Crippen LogP contribution in [0.15, 0.2) is 0 Å². The molecule has 3 nitrogen and oxygen atoms in total. The number of rotatable bonds is 3. The van der Waals surface area contributed by atoms with Crippen LogP contribution < -0.4 is 5.32 Å². The van der Waals surface area contributed by atoms with Crippen molar-refractivity contribution in [3.05, 3.63) is 15.1 Å². The Kier molecular flexibility index (Phi) is 3.48. The van der Waals surface area contributed by atoms with Crippen molar-refractivity contribution < 1.29 is 0 Å². The largest absolute Gasteiger partial charge is 0.372 e. The van der Waals surface area contributed by atoms with Crippen molar-refractivity contribution in [3.8, 4) is 0 Å². The maximum Gasteiger partial charge on any atom is 0.143 e. The molecule has 0 radical (unpaired) electrons. The molecule has 0 aromatic carbocycles. The van der Waals surface area contributed by atoms with Crippen LogP contribution in [0, 0.1) is 8.99 Å². The van der Waals surface area contributed by atoms with E-state index in [1.807, 2.05) is 7.05 Å². The zero-order chi connectivity index (χ0) is 13.6. The zero-order valence-corrected chi connectivity index (χ0v) is 14.1. The summed E-state index contributed by atoms with van der Waals surface area (Å²) >= 11 is 2.41. The lowest BCUT2D eigenvalue weighted by molar-refractivity contribution is 0.601. The Hall–Kier alpha value is -0.390. The predicted molar refractivity (Wildman–Crippen MR) is 86.6 cm³/mol. The van der Waals surface area contributed by atoms with Crippen LogP contribution in [-0.2, 0) is 0 Å². The molecule has 2 aliphatic rings. The van der Waals surface area contributed by atoms with Gasteiger partial charge in [0.1, 0.15) is 11.6 Å². The summed E-state index contributed by atoms with van der Waals surface area (Å²) in [5, 5.41) is 3.25. The molecule has 19 heavy (non-hydrogen) atoms. The highest BCUT2D eigenvalue weighted by atomic mass is 127. The molecule has 1 atom stereocenters. The average molecular weight is 371 g/mol. The summed E-state index contributed by atoms with van der Waals surface area (Å²) in [7, 11) is 1.96. The molecule has 2 saturated carbocycles. The fraction of sp³-hybridized carbons (Fsp3) is 0.733. The molecule has 0 spiro atoms. The lowest BCUT2D eigenvalue weighted by Gasteiger charge is -2.16. The Morgan fingerprint density at radius 1 is 1.21 bits per heavy atom. The zero-order valence-electron chi connectivity index (χ0n) is 12.0. The molecule has 0 aliphatic heterocycles. The minimum absolute atomic E-state index is 0.394. The van der Waals surface area contributed by atoms with Crippen molar-refractivity contribution in [2.45, 2.75) is 57.8 Å². The van der Waals surface area contributed by atoms with Gasteiger partial charge in [0.2, 0.25) is 0 Å². The molecule has 2 aliphatic carbocycles. The van der Waals surface area contributed by atoms with E-state index in [1.165, 1.54) is 41.4 Å². The van der Waals surface area contributed by atoms with Crippen molar-refractivity contribution in [2.24, 2.45) is 5.41 Å². The molecule has 104 valence electrons. The summed E-state index contributed by atoms with van der Waals surface area (Å²) in [6, 6.07) is 0. The molecule has 2 fully saturated rings. The Balaban J connectivity index is 2.00. The Labute approximate surface area is 129 Å². The van der Waals surface area contributed by atoms with E-state index in [9.17, 15) is 0 Å². The van der Waals surface area contributed by atoms with Gasteiger partial charge < -0.3 is 5.32 Å². The Morgan fingerprint density at radius 3 is 2.37 bits per heavy atom.